The summed E-state index contributed by atoms with van der Waals surface area (Å²) in [5.74, 6) is 0.868. The molecule has 3 rings (SSSR count). The Balaban J connectivity index is 1.59. The van der Waals surface area contributed by atoms with Gasteiger partial charge in [-0.15, -0.1) is 0 Å². The Hall–Kier alpha value is -1.97. The maximum atomic E-state index is 5.23. The molecule has 0 aliphatic heterocycles. The lowest BCUT2D eigenvalue weighted by atomic mass is 9.96. The molecule has 4 heteroatoms. The third kappa shape index (κ3) is 3.57. The highest BCUT2D eigenvalue weighted by Gasteiger charge is 2.15. The van der Waals surface area contributed by atoms with Crippen molar-refractivity contribution >= 4 is 5.69 Å². The van der Waals surface area contributed by atoms with Gasteiger partial charge in [-0.2, -0.15) is 5.10 Å². The minimum Gasteiger partial charge on any atom is -0.497 e. The first-order valence-electron chi connectivity index (χ1n) is 7.77. The fraction of sp³-hybridized carbons (Fsp3) is 0.471. The number of hydrogen-bond acceptors (Lipinski definition) is 3. The molecule has 1 heterocycles. The van der Waals surface area contributed by atoms with Crippen molar-refractivity contribution in [3.05, 3.63) is 42.2 Å². The molecular weight excluding hydrogens is 262 g/mol. The van der Waals surface area contributed by atoms with E-state index >= 15 is 0 Å². The lowest BCUT2D eigenvalue weighted by molar-refractivity contribution is 0.328. The van der Waals surface area contributed by atoms with E-state index in [0.29, 0.717) is 6.04 Å². The molecule has 1 aliphatic rings. The molecule has 1 aromatic heterocycles. The summed E-state index contributed by atoms with van der Waals surface area (Å²) in [6, 6.07) is 10.7. The number of nitrogens with one attached hydrogen (secondary N) is 1. The second kappa shape index (κ2) is 6.66. The first kappa shape index (κ1) is 14.0. The molecule has 2 aromatic rings. The predicted octanol–water partition coefficient (Wildman–Crippen LogP) is 4.01. The summed E-state index contributed by atoms with van der Waals surface area (Å²) in [5.41, 5.74) is 2.14. The molecule has 112 valence electrons. The fourth-order valence-electron chi connectivity index (χ4n) is 2.95. The third-order valence-corrected chi connectivity index (χ3v) is 4.16. The van der Waals surface area contributed by atoms with Gasteiger partial charge in [-0.3, -0.25) is 4.68 Å². The van der Waals surface area contributed by atoms with Gasteiger partial charge in [0.25, 0.3) is 0 Å². The van der Waals surface area contributed by atoms with Crippen LogP contribution in [0.25, 0.3) is 0 Å². The highest BCUT2D eigenvalue weighted by Crippen LogP contribution is 2.27. The van der Waals surface area contributed by atoms with Gasteiger partial charge in [-0.1, -0.05) is 25.3 Å². The molecule has 4 nitrogen and oxygen atoms in total. The fourth-order valence-corrected chi connectivity index (χ4v) is 2.95. The van der Waals surface area contributed by atoms with E-state index in [1.807, 2.05) is 24.3 Å². The van der Waals surface area contributed by atoms with Gasteiger partial charge in [0.1, 0.15) is 5.75 Å². The Morgan fingerprint density at radius 3 is 2.90 bits per heavy atom. The largest absolute Gasteiger partial charge is 0.497 e. The molecule has 0 atom stereocenters. The molecule has 0 spiro atoms. The van der Waals surface area contributed by atoms with Crippen molar-refractivity contribution in [2.45, 2.75) is 44.7 Å². The van der Waals surface area contributed by atoms with Crippen LogP contribution in [0.4, 0.5) is 5.69 Å². The number of aromatic nitrogens is 2. The van der Waals surface area contributed by atoms with Crippen LogP contribution in [0.3, 0.4) is 0 Å². The van der Waals surface area contributed by atoms with Crippen molar-refractivity contribution in [2.75, 3.05) is 12.4 Å². The van der Waals surface area contributed by atoms with Gasteiger partial charge in [-0.25, -0.2) is 0 Å². The van der Waals surface area contributed by atoms with Gasteiger partial charge in [0.05, 0.1) is 25.4 Å². The molecular formula is C17H23N3O. The Bertz CT molecular complexity index is 573. The summed E-state index contributed by atoms with van der Waals surface area (Å²) >= 11 is 0. The molecule has 21 heavy (non-hydrogen) atoms. The molecule has 0 bridgehead atoms. The van der Waals surface area contributed by atoms with Gasteiger partial charge < -0.3 is 10.1 Å². The molecule has 1 N–H and O–H groups in total. The molecule has 0 radical (unpaired) electrons. The number of rotatable bonds is 5. The van der Waals surface area contributed by atoms with E-state index in [2.05, 4.69) is 22.3 Å². The highest BCUT2D eigenvalue weighted by molar-refractivity contribution is 5.48. The standard InChI is InChI=1S/C17H23N3O/c1-21-17-9-5-6-14(12-17)18-13-15-10-11-20(19-15)16-7-3-2-4-8-16/h5-6,9-12,16,18H,2-4,7-8,13H2,1H3. The summed E-state index contributed by atoms with van der Waals surface area (Å²) in [6.07, 6.45) is 8.71. The van der Waals surface area contributed by atoms with Gasteiger partial charge in [-0.05, 0) is 31.0 Å². The Labute approximate surface area is 126 Å². The summed E-state index contributed by atoms with van der Waals surface area (Å²) < 4.78 is 7.39. The Morgan fingerprint density at radius 2 is 2.10 bits per heavy atom. The molecule has 0 amide bonds. The molecule has 1 fully saturated rings. The molecule has 0 saturated heterocycles. The summed E-state index contributed by atoms with van der Waals surface area (Å²) in [5, 5.41) is 8.11. The van der Waals surface area contributed by atoms with Crippen molar-refractivity contribution in [1.29, 1.82) is 0 Å². The van der Waals surface area contributed by atoms with Crippen LogP contribution in [0, 0.1) is 0 Å². The minimum atomic E-state index is 0.601. The number of anilines is 1. The van der Waals surface area contributed by atoms with Crippen molar-refractivity contribution < 1.29 is 4.74 Å². The van der Waals surface area contributed by atoms with E-state index in [1.165, 1.54) is 32.1 Å². The Kier molecular flexibility index (Phi) is 4.43. The number of nitrogens with zero attached hydrogens (tertiary/aromatic N) is 2. The summed E-state index contributed by atoms with van der Waals surface area (Å²) in [7, 11) is 1.69. The van der Waals surface area contributed by atoms with E-state index in [-0.39, 0.29) is 0 Å². The third-order valence-electron chi connectivity index (χ3n) is 4.16. The quantitative estimate of drug-likeness (QED) is 0.902. The molecule has 0 unspecified atom stereocenters. The van der Waals surface area contributed by atoms with E-state index in [0.717, 1.165) is 23.7 Å². The van der Waals surface area contributed by atoms with Gasteiger partial charge in [0.15, 0.2) is 0 Å². The smallest absolute Gasteiger partial charge is 0.120 e. The first-order chi connectivity index (χ1) is 10.3. The van der Waals surface area contributed by atoms with Crippen LogP contribution in [-0.4, -0.2) is 16.9 Å². The van der Waals surface area contributed by atoms with Crippen LogP contribution >= 0.6 is 0 Å². The normalized spacial score (nSPS) is 15.9. The SMILES string of the molecule is COc1cccc(NCc2ccn(C3CCCCC3)n2)c1. The minimum absolute atomic E-state index is 0.601. The van der Waals surface area contributed by atoms with Crippen LogP contribution < -0.4 is 10.1 Å². The highest BCUT2D eigenvalue weighted by atomic mass is 16.5. The van der Waals surface area contributed by atoms with E-state index in [4.69, 9.17) is 9.84 Å². The lowest BCUT2D eigenvalue weighted by Gasteiger charge is -2.21. The number of methoxy groups -OCH3 is 1. The average molecular weight is 285 g/mol. The maximum absolute atomic E-state index is 5.23. The molecule has 1 aromatic carbocycles. The van der Waals surface area contributed by atoms with Crippen LogP contribution in [0.5, 0.6) is 5.75 Å². The predicted molar refractivity (Wildman–Crippen MR) is 84.7 cm³/mol. The van der Waals surface area contributed by atoms with Crippen LogP contribution in [0.2, 0.25) is 0 Å². The summed E-state index contributed by atoms with van der Waals surface area (Å²) in [6.45, 7) is 0.743. The van der Waals surface area contributed by atoms with Crippen LogP contribution in [0.15, 0.2) is 36.5 Å². The van der Waals surface area contributed by atoms with Crippen molar-refractivity contribution in [2.24, 2.45) is 0 Å². The van der Waals surface area contributed by atoms with Crippen molar-refractivity contribution in [1.82, 2.24) is 9.78 Å². The van der Waals surface area contributed by atoms with E-state index in [1.54, 1.807) is 7.11 Å². The second-order valence-corrected chi connectivity index (χ2v) is 5.66. The zero-order chi connectivity index (χ0) is 14.5. The second-order valence-electron chi connectivity index (χ2n) is 5.66. The maximum Gasteiger partial charge on any atom is 0.120 e. The van der Waals surface area contributed by atoms with Gasteiger partial charge in [0.2, 0.25) is 0 Å². The van der Waals surface area contributed by atoms with Crippen LogP contribution in [0.1, 0.15) is 43.8 Å². The molecule has 1 saturated carbocycles. The van der Waals surface area contributed by atoms with Crippen LogP contribution in [-0.2, 0) is 6.54 Å². The zero-order valence-corrected chi connectivity index (χ0v) is 12.6. The van der Waals surface area contributed by atoms with Gasteiger partial charge in [0, 0.05) is 18.0 Å². The Morgan fingerprint density at radius 1 is 1.24 bits per heavy atom. The summed E-state index contributed by atoms with van der Waals surface area (Å²) in [4.78, 5) is 0. The average Bonchev–Trinajstić information content (AvgIpc) is 3.03. The van der Waals surface area contributed by atoms with Crippen molar-refractivity contribution in [3.8, 4) is 5.75 Å². The van der Waals surface area contributed by atoms with Crippen molar-refractivity contribution in [3.63, 3.8) is 0 Å². The van der Waals surface area contributed by atoms with E-state index < -0.39 is 0 Å². The monoisotopic (exact) mass is 285 g/mol. The lowest BCUT2D eigenvalue weighted by Crippen LogP contribution is -2.13. The first-order valence-corrected chi connectivity index (χ1v) is 7.77. The number of benzene rings is 1. The topological polar surface area (TPSA) is 39.1 Å². The molecule has 1 aliphatic carbocycles. The zero-order valence-electron chi connectivity index (χ0n) is 12.6. The van der Waals surface area contributed by atoms with Gasteiger partial charge >= 0.3 is 0 Å². The number of ether oxygens (including phenoxy) is 1. The number of hydrogen-bond donors (Lipinski definition) is 1. The van der Waals surface area contributed by atoms with E-state index in [9.17, 15) is 0 Å².